The summed E-state index contributed by atoms with van der Waals surface area (Å²) >= 11 is 1.02. The van der Waals surface area contributed by atoms with Gasteiger partial charge >= 0.3 is 0 Å². The van der Waals surface area contributed by atoms with Crippen molar-refractivity contribution in [1.82, 2.24) is 4.98 Å². The molecule has 0 saturated carbocycles. The van der Waals surface area contributed by atoms with Crippen molar-refractivity contribution in [1.29, 1.82) is 0 Å². The van der Waals surface area contributed by atoms with Crippen LogP contribution in [0.3, 0.4) is 0 Å². The molecule has 4 rings (SSSR count). The normalized spacial score (nSPS) is 12.8. The number of nitrogens with one attached hydrogen (secondary N) is 1. The van der Waals surface area contributed by atoms with Gasteiger partial charge in [-0.25, -0.2) is 9.38 Å². The minimum atomic E-state index is -0.560. The zero-order valence-electron chi connectivity index (χ0n) is 13.4. The first kappa shape index (κ1) is 16.2. The van der Waals surface area contributed by atoms with Gasteiger partial charge in [0.2, 0.25) is 5.88 Å². The van der Waals surface area contributed by atoms with E-state index >= 15 is 0 Å². The Balaban J connectivity index is 1.82. The smallest absolute Gasteiger partial charge is 0.279 e. The largest absolute Gasteiger partial charge is 0.506 e. The molecule has 1 aromatic heterocycles. The summed E-state index contributed by atoms with van der Waals surface area (Å²) in [6, 6.07) is 8.89. The third-order valence-corrected chi connectivity index (χ3v) is 4.96. The van der Waals surface area contributed by atoms with Crippen LogP contribution in [0.1, 0.15) is 10.4 Å². The van der Waals surface area contributed by atoms with Crippen LogP contribution in [0.5, 0.6) is 11.6 Å². The molecule has 0 fully saturated rings. The number of phenolic OH excluding ortho intramolecular Hbond substituents is 1. The quantitative estimate of drug-likeness (QED) is 0.615. The summed E-state index contributed by atoms with van der Waals surface area (Å²) in [6.07, 6.45) is 0. The first-order chi connectivity index (χ1) is 12.4. The van der Waals surface area contributed by atoms with Gasteiger partial charge in [-0.2, -0.15) is 4.98 Å². The summed E-state index contributed by atoms with van der Waals surface area (Å²) in [4.78, 5) is 20.3. The Morgan fingerprint density at radius 3 is 2.77 bits per heavy atom. The van der Waals surface area contributed by atoms with Crippen molar-refractivity contribution in [3.8, 4) is 11.6 Å². The second-order valence-electron chi connectivity index (χ2n) is 5.72. The average molecular weight is 369 g/mol. The number of aryl methyl sites for hydroxylation is 1. The number of aromatic hydroxyl groups is 2. The molecular weight excluding hydrogens is 357 g/mol. The van der Waals surface area contributed by atoms with Crippen molar-refractivity contribution in [2.45, 2.75) is 6.92 Å². The Bertz CT molecular complexity index is 1170. The maximum Gasteiger partial charge on any atom is 0.279 e. The van der Waals surface area contributed by atoms with Gasteiger partial charge in [0.05, 0.1) is 16.6 Å². The number of halogens is 1. The van der Waals surface area contributed by atoms with Crippen molar-refractivity contribution < 1.29 is 19.4 Å². The lowest BCUT2D eigenvalue weighted by atomic mass is 10.1. The van der Waals surface area contributed by atoms with Crippen molar-refractivity contribution in [3.63, 3.8) is 0 Å². The van der Waals surface area contributed by atoms with E-state index in [0.29, 0.717) is 16.3 Å². The second-order valence-corrected chi connectivity index (χ2v) is 6.72. The molecule has 0 atom stereocenters. The number of hydrogen-bond donors (Lipinski definition) is 3. The van der Waals surface area contributed by atoms with Gasteiger partial charge in [-0.1, -0.05) is 23.5 Å². The molecule has 1 aliphatic heterocycles. The van der Waals surface area contributed by atoms with Gasteiger partial charge in [-0.15, -0.1) is 0 Å². The molecule has 3 N–H and O–H groups in total. The lowest BCUT2D eigenvalue weighted by Gasteiger charge is -2.08. The summed E-state index contributed by atoms with van der Waals surface area (Å²) in [6.45, 7) is 1.81. The Kier molecular flexibility index (Phi) is 3.69. The van der Waals surface area contributed by atoms with Crippen LogP contribution in [-0.2, 0) is 4.79 Å². The Hall–Kier alpha value is -3.26. The average Bonchev–Trinajstić information content (AvgIpc) is 3.09. The molecule has 0 radical (unpaired) electrons. The molecule has 3 aromatic rings. The lowest BCUT2D eigenvalue weighted by molar-refractivity contribution is -0.112. The highest BCUT2D eigenvalue weighted by Crippen LogP contribution is 2.37. The van der Waals surface area contributed by atoms with Crippen LogP contribution in [-0.4, -0.2) is 21.1 Å². The van der Waals surface area contributed by atoms with Gasteiger partial charge in [0, 0.05) is 5.22 Å². The van der Waals surface area contributed by atoms with Crippen LogP contribution in [0.25, 0.3) is 5.57 Å². The topological polar surface area (TPSA) is 94.8 Å². The SMILES string of the molecule is Cc1cccc(O)c1Nc1nc(O)c(C2=c3cc(F)ccc3=NC2=O)s1. The molecule has 2 aromatic carbocycles. The van der Waals surface area contributed by atoms with E-state index in [-0.39, 0.29) is 27.2 Å². The number of hydrogen-bond acceptors (Lipinski definition) is 6. The molecule has 1 amide bonds. The van der Waals surface area contributed by atoms with Gasteiger partial charge in [0.15, 0.2) is 5.13 Å². The zero-order valence-corrected chi connectivity index (χ0v) is 14.3. The van der Waals surface area contributed by atoms with E-state index in [2.05, 4.69) is 15.3 Å². The fourth-order valence-electron chi connectivity index (χ4n) is 2.76. The molecule has 26 heavy (non-hydrogen) atoms. The highest BCUT2D eigenvalue weighted by atomic mass is 32.1. The summed E-state index contributed by atoms with van der Waals surface area (Å²) < 4.78 is 13.6. The molecular formula is C18H12FN3O3S. The van der Waals surface area contributed by atoms with Gasteiger partial charge in [-0.05, 0) is 36.8 Å². The number of nitrogens with zero attached hydrogens (tertiary/aromatic N) is 2. The maximum absolute atomic E-state index is 13.6. The predicted octanol–water partition coefficient (Wildman–Crippen LogP) is 2.10. The van der Waals surface area contributed by atoms with E-state index in [4.69, 9.17) is 0 Å². The van der Waals surface area contributed by atoms with Crippen molar-refractivity contribution in [3.05, 3.63) is 63.2 Å². The number of para-hydroxylation sites is 1. The minimum absolute atomic E-state index is 0.0354. The van der Waals surface area contributed by atoms with Gasteiger partial charge in [-0.3, -0.25) is 4.79 Å². The van der Waals surface area contributed by atoms with E-state index in [1.54, 1.807) is 6.07 Å². The Morgan fingerprint density at radius 1 is 1.19 bits per heavy atom. The summed E-state index contributed by atoms with van der Waals surface area (Å²) in [5.41, 5.74) is 1.34. The van der Waals surface area contributed by atoms with E-state index in [9.17, 15) is 19.4 Å². The zero-order chi connectivity index (χ0) is 18.4. The van der Waals surface area contributed by atoms with Gasteiger partial charge in [0.1, 0.15) is 16.4 Å². The fraction of sp³-hybridized carbons (Fsp3) is 0.0556. The number of carbonyl (C=O) groups excluding carboxylic acids is 1. The Morgan fingerprint density at radius 2 is 2.00 bits per heavy atom. The number of rotatable bonds is 3. The number of benzene rings is 2. The number of carbonyl (C=O) groups is 1. The van der Waals surface area contributed by atoms with Crippen LogP contribution in [0, 0.1) is 12.7 Å². The Labute approximate surface area is 150 Å². The number of phenols is 1. The summed E-state index contributed by atoms with van der Waals surface area (Å²) in [5.74, 6) is -1.39. The molecule has 0 saturated heterocycles. The molecule has 8 heteroatoms. The van der Waals surface area contributed by atoms with E-state index in [1.807, 2.05) is 13.0 Å². The summed E-state index contributed by atoms with van der Waals surface area (Å²) in [5, 5.41) is 24.1. The van der Waals surface area contributed by atoms with Crippen molar-refractivity contribution in [2.75, 3.05) is 5.32 Å². The third-order valence-electron chi connectivity index (χ3n) is 3.98. The van der Waals surface area contributed by atoms with Crippen LogP contribution in [0.2, 0.25) is 0 Å². The molecule has 1 aliphatic rings. The van der Waals surface area contributed by atoms with Crippen LogP contribution in [0.4, 0.5) is 15.2 Å². The number of anilines is 2. The molecule has 130 valence electrons. The molecule has 0 aliphatic carbocycles. The fourth-order valence-corrected chi connectivity index (χ4v) is 3.67. The lowest BCUT2D eigenvalue weighted by Crippen LogP contribution is -2.23. The van der Waals surface area contributed by atoms with Gasteiger partial charge < -0.3 is 15.5 Å². The van der Waals surface area contributed by atoms with E-state index in [1.165, 1.54) is 24.3 Å². The molecule has 2 heterocycles. The van der Waals surface area contributed by atoms with Gasteiger partial charge in [0.25, 0.3) is 5.91 Å². The second kappa shape index (κ2) is 5.92. The molecule has 0 unspecified atom stereocenters. The van der Waals surface area contributed by atoms with Crippen LogP contribution >= 0.6 is 11.3 Å². The highest BCUT2D eigenvalue weighted by Gasteiger charge is 2.25. The maximum atomic E-state index is 13.6. The number of amides is 1. The summed E-state index contributed by atoms with van der Waals surface area (Å²) in [7, 11) is 0. The van der Waals surface area contributed by atoms with Crippen molar-refractivity contribution in [2.24, 2.45) is 4.99 Å². The standard InChI is InChI=1S/C18H12FN3O3S/c1-8-3-2-4-12(23)14(8)21-18-22-17(25)15(26-18)13-10-7-9(19)5-6-11(10)20-16(13)24/h2-7,23,25H,1H3,(H,21,22). The van der Waals surface area contributed by atoms with Crippen LogP contribution < -0.4 is 15.9 Å². The highest BCUT2D eigenvalue weighted by molar-refractivity contribution is 7.17. The number of fused-ring (bicyclic) bond motifs is 1. The van der Waals surface area contributed by atoms with E-state index in [0.717, 1.165) is 16.9 Å². The van der Waals surface area contributed by atoms with Crippen LogP contribution in [0.15, 0.2) is 41.4 Å². The molecule has 0 bridgehead atoms. The first-order valence-corrected chi connectivity index (χ1v) is 8.44. The first-order valence-electron chi connectivity index (χ1n) is 7.63. The monoisotopic (exact) mass is 369 g/mol. The van der Waals surface area contributed by atoms with Crippen molar-refractivity contribution >= 4 is 33.6 Å². The minimum Gasteiger partial charge on any atom is -0.506 e. The third kappa shape index (κ3) is 2.60. The number of thiazole rings is 1. The number of aromatic nitrogens is 1. The molecule has 6 nitrogen and oxygen atoms in total. The predicted molar refractivity (Wildman–Crippen MR) is 94.6 cm³/mol. The molecule has 0 spiro atoms. The van der Waals surface area contributed by atoms with E-state index < -0.39 is 11.7 Å².